The standard InChI is InChI=1S/C25H22Cl2N4O2/c1-33-25-21(24(32)29-17-6-2-3-7-17)23-28-14-19(18-8-4-5-9-20(18)27)22(31(23)30-25)15-10-12-16(26)13-11-15/h4-5,8-14,17H,2-3,6-7H2,1H3,(H,29,32). The average Bonchev–Trinajstić information content (AvgIpc) is 3.46. The zero-order chi connectivity index (χ0) is 22.9. The Bertz CT molecular complexity index is 1330. The highest BCUT2D eigenvalue weighted by molar-refractivity contribution is 6.33. The van der Waals surface area contributed by atoms with Crippen LogP contribution in [0.25, 0.3) is 28.0 Å². The second kappa shape index (κ2) is 9.04. The van der Waals surface area contributed by atoms with Crippen molar-refractivity contribution in [2.24, 2.45) is 0 Å². The zero-order valence-corrected chi connectivity index (χ0v) is 19.5. The van der Waals surface area contributed by atoms with Gasteiger partial charge in [0, 0.05) is 39.0 Å². The molecule has 1 fully saturated rings. The minimum atomic E-state index is -0.228. The zero-order valence-electron chi connectivity index (χ0n) is 18.0. The van der Waals surface area contributed by atoms with Gasteiger partial charge in [0.15, 0.2) is 5.65 Å². The molecule has 2 aromatic heterocycles. The number of hydrogen-bond acceptors (Lipinski definition) is 4. The summed E-state index contributed by atoms with van der Waals surface area (Å²) in [6.07, 6.45) is 5.93. The summed E-state index contributed by atoms with van der Waals surface area (Å²) >= 11 is 12.7. The Kier molecular flexibility index (Phi) is 5.96. The van der Waals surface area contributed by atoms with Gasteiger partial charge in [0.05, 0.1) is 12.8 Å². The van der Waals surface area contributed by atoms with Crippen LogP contribution >= 0.6 is 23.2 Å². The molecular formula is C25H22Cl2N4O2. The van der Waals surface area contributed by atoms with Crippen molar-refractivity contribution in [2.45, 2.75) is 31.7 Å². The summed E-state index contributed by atoms with van der Waals surface area (Å²) < 4.78 is 7.17. The lowest BCUT2D eigenvalue weighted by Gasteiger charge is -2.14. The summed E-state index contributed by atoms with van der Waals surface area (Å²) in [5.74, 6) is -0.00156. The van der Waals surface area contributed by atoms with Crippen LogP contribution in [0.2, 0.25) is 10.0 Å². The molecule has 1 aliphatic carbocycles. The van der Waals surface area contributed by atoms with Crippen LogP contribution in [-0.2, 0) is 0 Å². The molecule has 0 bridgehead atoms. The molecule has 0 unspecified atom stereocenters. The molecule has 2 heterocycles. The summed E-state index contributed by atoms with van der Waals surface area (Å²) in [5.41, 5.74) is 3.93. The van der Waals surface area contributed by atoms with Crippen molar-refractivity contribution in [3.63, 3.8) is 0 Å². The van der Waals surface area contributed by atoms with E-state index < -0.39 is 0 Å². The molecule has 0 atom stereocenters. The Morgan fingerprint density at radius 3 is 2.48 bits per heavy atom. The summed E-state index contributed by atoms with van der Waals surface area (Å²) in [6, 6.07) is 15.2. The number of nitrogens with zero attached hydrogens (tertiary/aromatic N) is 3. The molecular weight excluding hydrogens is 459 g/mol. The van der Waals surface area contributed by atoms with E-state index in [-0.39, 0.29) is 17.8 Å². The summed E-state index contributed by atoms with van der Waals surface area (Å²) in [6.45, 7) is 0. The molecule has 1 amide bonds. The molecule has 6 nitrogen and oxygen atoms in total. The molecule has 1 N–H and O–H groups in total. The van der Waals surface area contributed by atoms with E-state index in [9.17, 15) is 4.79 Å². The van der Waals surface area contributed by atoms with E-state index in [1.807, 2.05) is 48.5 Å². The van der Waals surface area contributed by atoms with Crippen LogP contribution in [0.5, 0.6) is 5.88 Å². The Morgan fingerprint density at radius 2 is 1.79 bits per heavy atom. The van der Waals surface area contributed by atoms with Gasteiger partial charge in [0.25, 0.3) is 5.91 Å². The molecule has 2 aromatic carbocycles. The fourth-order valence-corrected chi connectivity index (χ4v) is 4.76. The number of carbonyl (C=O) groups is 1. The highest BCUT2D eigenvalue weighted by Gasteiger charge is 2.28. The number of amides is 1. The van der Waals surface area contributed by atoms with Gasteiger partial charge in [-0.15, -0.1) is 5.10 Å². The number of aromatic nitrogens is 3. The van der Waals surface area contributed by atoms with Crippen molar-refractivity contribution in [2.75, 3.05) is 7.11 Å². The van der Waals surface area contributed by atoms with E-state index in [0.717, 1.165) is 48.1 Å². The van der Waals surface area contributed by atoms with E-state index in [1.54, 1.807) is 10.7 Å². The van der Waals surface area contributed by atoms with E-state index >= 15 is 0 Å². The van der Waals surface area contributed by atoms with Crippen molar-refractivity contribution >= 4 is 34.8 Å². The van der Waals surface area contributed by atoms with Crippen molar-refractivity contribution in [1.82, 2.24) is 19.9 Å². The summed E-state index contributed by atoms with van der Waals surface area (Å²) in [7, 11) is 1.51. The molecule has 0 radical (unpaired) electrons. The maximum absolute atomic E-state index is 13.2. The molecule has 8 heteroatoms. The largest absolute Gasteiger partial charge is 0.479 e. The number of hydrogen-bond donors (Lipinski definition) is 1. The van der Waals surface area contributed by atoms with Crippen LogP contribution < -0.4 is 10.1 Å². The van der Waals surface area contributed by atoms with Crippen molar-refractivity contribution < 1.29 is 9.53 Å². The molecule has 1 aliphatic rings. The molecule has 5 rings (SSSR count). The second-order valence-electron chi connectivity index (χ2n) is 8.08. The van der Waals surface area contributed by atoms with E-state index in [0.29, 0.717) is 21.3 Å². The Labute approximate surface area is 201 Å². The lowest BCUT2D eigenvalue weighted by molar-refractivity contribution is 0.0936. The van der Waals surface area contributed by atoms with Gasteiger partial charge in [0.1, 0.15) is 5.56 Å². The van der Waals surface area contributed by atoms with Crippen LogP contribution in [0.15, 0.2) is 54.7 Å². The normalized spacial score (nSPS) is 14.0. The van der Waals surface area contributed by atoms with Gasteiger partial charge < -0.3 is 10.1 Å². The van der Waals surface area contributed by atoms with Gasteiger partial charge in [-0.2, -0.15) is 0 Å². The SMILES string of the molecule is COc1nn2c(-c3ccc(Cl)cc3)c(-c3ccccc3Cl)cnc2c1C(=O)NC1CCCC1. The number of ether oxygens (including phenoxy) is 1. The Balaban J connectivity index is 1.74. The first kappa shape index (κ1) is 21.7. The molecule has 0 spiro atoms. The van der Waals surface area contributed by atoms with Crippen molar-refractivity contribution in [3.05, 3.63) is 70.3 Å². The smallest absolute Gasteiger partial charge is 0.260 e. The second-order valence-corrected chi connectivity index (χ2v) is 8.93. The van der Waals surface area contributed by atoms with Gasteiger partial charge in [0.2, 0.25) is 5.88 Å². The minimum Gasteiger partial charge on any atom is -0.479 e. The van der Waals surface area contributed by atoms with Crippen LogP contribution in [0, 0.1) is 0 Å². The van der Waals surface area contributed by atoms with Gasteiger partial charge >= 0.3 is 0 Å². The maximum Gasteiger partial charge on any atom is 0.260 e. The molecule has 4 aromatic rings. The first-order valence-electron chi connectivity index (χ1n) is 10.8. The number of benzene rings is 2. The number of nitrogens with one attached hydrogen (secondary N) is 1. The first-order chi connectivity index (χ1) is 16.1. The highest BCUT2D eigenvalue weighted by Crippen LogP contribution is 2.37. The third-order valence-corrected chi connectivity index (χ3v) is 6.59. The van der Waals surface area contributed by atoms with Gasteiger partial charge in [-0.05, 0) is 31.0 Å². The molecule has 33 heavy (non-hydrogen) atoms. The number of fused-ring (bicyclic) bond motifs is 1. The summed E-state index contributed by atoms with van der Waals surface area (Å²) in [5, 5.41) is 8.97. The molecule has 1 saturated carbocycles. The third kappa shape index (κ3) is 4.05. The fraction of sp³-hybridized carbons (Fsp3) is 0.240. The topological polar surface area (TPSA) is 68.5 Å². The molecule has 0 saturated heterocycles. The van der Waals surface area contributed by atoms with Crippen LogP contribution in [0.3, 0.4) is 0 Å². The Morgan fingerprint density at radius 1 is 1.06 bits per heavy atom. The van der Waals surface area contributed by atoms with Crippen molar-refractivity contribution in [1.29, 1.82) is 0 Å². The van der Waals surface area contributed by atoms with E-state index in [2.05, 4.69) is 15.4 Å². The number of halogens is 2. The fourth-order valence-electron chi connectivity index (χ4n) is 4.40. The lowest BCUT2D eigenvalue weighted by Crippen LogP contribution is -2.32. The monoisotopic (exact) mass is 480 g/mol. The minimum absolute atomic E-state index is 0.162. The first-order valence-corrected chi connectivity index (χ1v) is 11.6. The average molecular weight is 481 g/mol. The number of rotatable bonds is 5. The van der Waals surface area contributed by atoms with E-state index in [4.69, 9.17) is 27.9 Å². The van der Waals surface area contributed by atoms with Gasteiger partial charge in [-0.3, -0.25) is 4.79 Å². The summed E-state index contributed by atoms with van der Waals surface area (Å²) in [4.78, 5) is 17.9. The number of carbonyl (C=O) groups excluding carboxylic acids is 1. The van der Waals surface area contributed by atoms with Crippen molar-refractivity contribution in [3.8, 4) is 28.3 Å². The lowest BCUT2D eigenvalue weighted by atomic mass is 10.0. The molecule has 168 valence electrons. The van der Waals surface area contributed by atoms with Gasteiger partial charge in [-0.25, -0.2) is 9.50 Å². The third-order valence-electron chi connectivity index (χ3n) is 6.00. The quantitative estimate of drug-likeness (QED) is 0.377. The predicted octanol–water partition coefficient (Wildman–Crippen LogP) is 6.05. The number of methoxy groups -OCH3 is 1. The Hall–Kier alpha value is -3.09. The van der Waals surface area contributed by atoms with E-state index in [1.165, 1.54) is 7.11 Å². The van der Waals surface area contributed by atoms with Crippen LogP contribution in [0.4, 0.5) is 0 Å². The van der Waals surface area contributed by atoms with Crippen LogP contribution in [-0.4, -0.2) is 33.7 Å². The highest BCUT2D eigenvalue weighted by atomic mass is 35.5. The van der Waals surface area contributed by atoms with Crippen LogP contribution in [0.1, 0.15) is 36.0 Å². The predicted molar refractivity (Wildman–Crippen MR) is 130 cm³/mol. The van der Waals surface area contributed by atoms with Gasteiger partial charge in [-0.1, -0.05) is 66.4 Å². The maximum atomic E-state index is 13.2. The molecule has 0 aliphatic heterocycles.